The summed E-state index contributed by atoms with van der Waals surface area (Å²) in [6, 6.07) is 4.03. The third-order valence-corrected chi connectivity index (χ3v) is 3.01. The molecule has 0 saturated carbocycles. The van der Waals surface area contributed by atoms with Gasteiger partial charge in [-0.05, 0) is 31.0 Å². The van der Waals surface area contributed by atoms with Crippen molar-refractivity contribution in [2.24, 2.45) is 5.92 Å². The van der Waals surface area contributed by atoms with E-state index in [1.165, 1.54) is 18.2 Å². The van der Waals surface area contributed by atoms with Crippen molar-refractivity contribution >= 4 is 22.8 Å². The highest BCUT2D eigenvalue weighted by Gasteiger charge is 2.18. The summed E-state index contributed by atoms with van der Waals surface area (Å²) in [5.74, 6) is -0.999. The van der Waals surface area contributed by atoms with Crippen molar-refractivity contribution in [3.05, 3.63) is 35.3 Å². The first-order valence-corrected chi connectivity index (χ1v) is 6.66. The number of hydrazine groups is 1. The van der Waals surface area contributed by atoms with Crippen LogP contribution in [-0.2, 0) is 4.79 Å². The van der Waals surface area contributed by atoms with Gasteiger partial charge in [-0.25, -0.2) is 4.39 Å². The van der Waals surface area contributed by atoms with Crippen LogP contribution in [0.2, 0.25) is 0 Å². The zero-order valence-electron chi connectivity index (χ0n) is 12.1. The number of benzene rings is 1. The normalized spacial score (nSPS) is 10.9. The molecule has 0 radical (unpaired) electrons. The van der Waals surface area contributed by atoms with Crippen molar-refractivity contribution < 1.29 is 18.4 Å². The van der Waals surface area contributed by atoms with Gasteiger partial charge in [-0.1, -0.05) is 13.8 Å². The Labute approximate surface area is 121 Å². The number of amides is 2. The molecule has 0 aliphatic rings. The van der Waals surface area contributed by atoms with Crippen LogP contribution in [0.15, 0.2) is 22.6 Å². The first-order chi connectivity index (χ1) is 9.88. The molecule has 112 valence electrons. The number of halogens is 1. The first-order valence-electron chi connectivity index (χ1n) is 6.66. The average molecular weight is 292 g/mol. The molecular formula is C15H17FN2O3. The van der Waals surface area contributed by atoms with Crippen molar-refractivity contribution in [3.63, 3.8) is 0 Å². The molecule has 0 unspecified atom stereocenters. The molecule has 0 fully saturated rings. The number of aryl methyl sites for hydroxylation is 1. The number of carbonyl (C=O) groups excluding carboxylic acids is 2. The highest BCUT2D eigenvalue weighted by Crippen LogP contribution is 2.25. The van der Waals surface area contributed by atoms with E-state index in [1.54, 1.807) is 6.92 Å². The maximum atomic E-state index is 13.2. The fourth-order valence-corrected chi connectivity index (χ4v) is 2.01. The van der Waals surface area contributed by atoms with Gasteiger partial charge in [0.2, 0.25) is 5.91 Å². The number of nitrogens with one attached hydrogen (secondary N) is 2. The summed E-state index contributed by atoms with van der Waals surface area (Å²) >= 11 is 0. The van der Waals surface area contributed by atoms with E-state index in [-0.39, 0.29) is 17.6 Å². The summed E-state index contributed by atoms with van der Waals surface area (Å²) in [6.07, 6.45) is 0.310. The summed E-state index contributed by atoms with van der Waals surface area (Å²) in [4.78, 5) is 23.5. The zero-order chi connectivity index (χ0) is 15.6. The maximum Gasteiger partial charge on any atom is 0.305 e. The second-order valence-electron chi connectivity index (χ2n) is 5.30. The molecule has 2 aromatic rings. The van der Waals surface area contributed by atoms with E-state index in [2.05, 4.69) is 10.9 Å². The van der Waals surface area contributed by atoms with Gasteiger partial charge in [0, 0.05) is 17.4 Å². The standard InChI is InChI=1S/C15H17FN2O3/c1-8(2)6-13(19)17-18-15(20)14-9(3)11-7-10(16)4-5-12(11)21-14/h4-5,7-8H,6H2,1-3H3,(H,17,19)(H,18,20). The van der Waals surface area contributed by atoms with Crippen LogP contribution in [0.1, 0.15) is 36.4 Å². The molecule has 0 aliphatic carbocycles. The molecule has 2 amide bonds. The van der Waals surface area contributed by atoms with Crippen molar-refractivity contribution in [2.45, 2.75) is 27.2 Å². The maximum absolute atomic E-state index is 13.2. The van der Waals surface area contributed by atoms with Gasteiger partial charge in [-0.2, -0.15) is 0 Å². The van der Waals surface area contributed by atoms with Crippen molar-refractivity contribution in [1.82, 2.24) is 10.9 Å². The summed E-state index contributed by atoms with van der Waals surface area (Å²) < 4.78 is 18.6. The lowest BCUT2D eigenvalue weighted by atomic mass is 10.1. The van der Waals surface area contributed by atoms with Gasteiger partial charge >= 0.3 is 5.91 Å². The van der Waals surface area contributed by atoms with Crippen LogP contribution in [0.4, 0.5) is 4.39 Å². The lowest BCUT2D eigenvalue weighted by Crippen LogP contribution is -2.42. The van der Waals surface area contributed by atoms with Gasteiger partial charge in [-0.15, -0.1) is 0 Å². The second kappa shape index (κ2) is 5.95. The molecule has 1 heterocycles. The first kappa shape index (κ1) is 15.0. The number of hydrogen-bond donors (Lipinski definition) is 2. The van der Waals surface area contributed by atoms with Crippen LogP contribution in [-0.4, -0.2) is 11.8 Å². The number of hydrogen-bond acceptors (Lipinski definition) is 3. The second-order valence-corrected chi connectivity index (χ2v) is 5.30. The molecule has 6 heteroatoms. The number of furan rings is 1. The molecule has 1 aromatic carbocycles. The van der Waals surface area contributed by atoms with E-state index in [0.29, 0.717) is 23.0 Å². The summed E-state index contributed by atoms with van der Waals surface area (Å²) in [5.41, 5.74) is 5.57. The molecule has 2 rings (SSSR count). The molecular weight excluding hydrogens is 275 g/mol. The topological polar surface area (TPSA) is 71.3 Å². The fourth-order valence-electron chi connectivity index (χ4n) is 2.01. The van der Waals surface area contributed by atoms with Crippen LogP contribution in [0, 0.1) is 18.7 Å². The van der Waals surface area contributed by atoms with Gasteiger partial charge in [0.05, 0.1) is 0 Å². The number of rotatable bonds is 3. The Kier molecular flexibility index (Phi) is 4.26. The SMILES string of the molecule is Cc1c(C(=O)NNC(=O)CC(C)C)oc2ccc(F)cc12. The van der Waals surface area contributed by atoms with Crippen molar-refractivity contribution in [2.75, 3.05) is 0 Å². The van der Waals surface area contributed by atoms with Crippen LogP contribution in [0.25, 0.3) is 11.0 Å². The van der Waals surface area contributed by atoms with Crippen LogP contribution >= 0.6 is 0 Å². The largest absolute Gasteiger partial charge is 0.451 e. The molecule has 0 bridgehead atoms. The Morgan fingerprint density at radius 2 is 2.00 bits per heavy atom. The van der Waals surface area contributed by atoms with Crippen molar-refractivity contribution in [1.29, 1.82) is 0 Å². The highest BCUT2D eigenvalue weighted by molar-refractivity contribution is 5.99. The Hall–Kier alpha value is -2.37. The average Bonchev–Trinajstić information content (AvgIpc) is 2.73. The van der Waals surface area contributed by atoms with E-state index in [4.69, 9.17) is 4.42 Å². The van der Waals surface area contributed by atoms with Crippen molar-refractivity contribution in [3.8, 4) is 0 Å². The van der Waals surface area contributed by atoms with Gasteiger partial charge in [0.25, 0.3) is 0 Å². The summed E-state index contributed by atoms with van der Waals surface area (Å²) in [7, 11) is 0. The number of carbonyl (C=O) groups is 2. The highest BCUT2D eigenvalue weighted by atomic mass is 19.1. The zero-order valence-corrected chi connectivity index (χ0v) is 12.1. The quantitative estimate of drug-likeness (QED) is 0.854. The predicted molar refractivity (Wildman–Crippen MR) is 76.0 cm³/mol. The molecule has 21 heavy (non-hydrogen) atoms. The Morgan fingerprint density at radius 3 is 2.67 bits per heavy atom. The molecule has 0 saturated heterocycles. The Balaban J connectivity index is 2.13. The Morgan fingerprint density at radius 1 is 1.29 bits per heavy atom. The summed E-state index contributed by atoms with van der Waals surface area (Å²) in [6.45, 7) is 5.47. The van der Waals surface area contributed by atoms with E-state index < -0.39 is 11.7 Å². The van der Waals surface area contributed by atoms with Crippen LogP contribution in [0.5, 0.6) is 0 Å². The molecule has 5 nitrogen and oxygen atoms in total. The van der Waals surface area contributed by atoms with E-state index in [9.17, 15) is 14.0 Å². The van der Waals surface area contributed by atoms with Gasteiger partial charge in [0.1, 0.15) is 11.4 Å². The minimum Gasteiger partial charge on any atom is -0.451 e. The van der Waals surface area contributed by atoms with E-state index >= 15 is 0 Å². The molecule has 0 aliphatic heterocycles. The molecule has 0 atom stereocenters. The minimum absolute atomic E-state index is 0.0560. The minimum atomic E-state index is -0.568. The monoisotopic (exact) mass is 292 g/mol. The Bertz CT molecular complexity index is 692. The summed E-state index contributed by atoms with van der Waals surface area (Å²) in [5, 5.41) is 0.536. The van der Waals surface area contributed by atoms with Gasteiger partial charge < -0.3 is 4.42 Å². The van der Waals surface area contributed by atoms with Crippen LogP contribution < -0.4 is 10.9 Å². The van der Waals surface area contributed by atoms with Gasteiger partial charge in [-0.3, -0.25) is 20.4 Å². The van der Waals surface area contributed by atoms with E-state index in [1.807, 2.05) is 13.8 Å². The van der Waals surface area contributed by atoms with E-state index in [0.717, 1.165) is 0 Å². The van der Waals surface area contributed by atoms with Gasteiger partial charge in [0.15, 0.2) is 5.76 Å². The third kappa shape index (κ3) is 3.39. The van der Waals surface area contributed by atoms with Crippen LogP contribution in [0.3, 0.4) is 0 Å². The number of fused-ring (bicyclic) bond motifs is 1. The lowest BCUT2D eigenvalue weighted by molar-refractivity contribution is -0.122. The molecule has 2 N–H and O–H groups in total. The lowest BCUT2D eigenvalue weighted by Gasteiger charge is -2.07. The third-order valence-electron chi connectivity index (χ3n) is 3.01. The predicted octanol–water partition coefficient (Wildman–Crippen LogP) is 2.69. The smallest absolute Gasteiger partial charge is 0.305 e. The fraction of sp³-hybridized carbons (Fsp3) is 0.333. The molecule has 0 spiro atoms. The molecule has 1 aromatic heterocycles.